The highest BCUT2D eigenvalue weighted by Crippen LogP contribution is 2.42. The minimum atomic E-state index is 0.214. The molecule has 0 aliphatic carbocycles. The molecule has 1 rings (SSSR count). The molecule has 0 unspecified atom stereocenters. The van der Waals surface area contributed by atoms with Gasteiger partial charge in [-0.05, 0) is 31.1 Å². The highest BCUT2D eigenvalue weighted by atomic mass is 16.5. The molecule has 0 N–H and O–H groups in total. The number of hydrogen-bond donors (Lipinski definition) is 0. The van der Waals surface area contributed by atoms with Gasteiger partial charge in [0.25, 0.3) is 0 Å². The van der Waals surface area contributed by atoms with E-state index in [0.717, 1.165) is 6.61 Å². The van der Waals surface area contributed by atoms with Gasteiger partial charge in [0.05, 0.1) is 5.60 Å². The number of hydrogen-bond acceptors (Lipinski definition) is 1. The Labute approximate surface area is 89.2 Å². The fraction of sp³-hybridized carbons (Fsp3) is 1.00. The minimum Gasteiger partial charge on any atom is -0.375 e. The van der Waals surface area contributed by atoms with Crippen LogP contribution in [0.2, 0.25) is 0 Å². The fourth-order valence-corrected chi connectivity index (χ4v) is 2.91. The second kappa shape index (κ2) is 4.65. The molecule has 1 saturated heterocycles. The molecule has 0 bridgehead atoms. The zero-order valence-corrected chi connectivity index (χ0v) is 10.4. The molecule has 0 aromatic rings. The van der Waals surface area contributed by atoms with Crippen molar-refractivity contribution in [2.45, 2.75) is 71.8 Å². The van der Waals surface area contributed by atoms with E-state index in [0.29, 0.717) is 5.41 Å². The monoisotopic (exact) mass is 198 g/mol. The molecule has 0 aromatic carbocycles. The van der Waals surface area contributed by atoms with Crippen LogP contribution >= 0.6 is 0 Å². The lowest BCUT2D eigenvalue weighted by molar-refractivity contribution is -0.127. The lowest BCUT2D eigenvalue weighted by Gasteiger charge is -2.45. The summed E-state index contributed by atoms with van der Waals surface area (Å²) in [5, 5.41) is 0. The van der Waals surface area contributed by atoms with E-state index in [9.17, 15) is 0 Å². The van der Waals surface area contributed by atoms with Crippen molar-refractivity contribution in [2.75, 3.05) is 6.61 Å². The Bertz CT molecular complexity index is 161. The van der Waals surface area contributed by atoms with Crippen LogP contribution in [0.5, 0.6) is 0 Å². The van der Waals surface area contributed by atoms with Crippen molar-refractivity contribution in [1.82, 2.24) is 0 Å². The average molecular weight is 198 g/mol. The molecule has 1 aliphatic heterocycles. The van der Waals surface area contributed by atoms with E-state index in [2.05, 4.69) is 27.7 Å². The van der Waals surface area contributed by atoms with Gasteiger partial charge in [-0.2, -0.15) is 0 Å². The SMILES string of the molecule is CCCC1(CCC)CC(C)(C)CCO1. The van der Waals surface area contributed by atoms with Crippen LogP contribution in [0.4, 0.5) is 0 Å². The van der Waals surface area contributed by atoms with Crippen molar-refractivity contribution in [2.24, 2.45) is 5.41 Å². The van der Waals surface area contributed by atoms with Gasteiger partial charge in [0.1, 0.15) is 0 Å². The van der Waals surface area contributed by atoms with E-state index < -0.39 is 0 Å². The lowest BCUT2D eigenvalue weighted by atomic mass is 9.72. The second-order valence-corrected chi connectivity index (χ2v) is 5.62. The van der Waals surface area contributed by atoms with E-state index in [4.69, 9.17) is 4.74 Å². The zero-order chi connectivity index (χ0) is 10.7. The largest absolute Gasteiger partial charge is 0.375 e. The van der Waals surface area contributed by atoms with E-state index in [1.807, 2.05) is 0 Å². The molecule has 1 heterocycles. The third-order valence-electron chi connectivity index (χ3n) is 3.40. The first-order chi connectivity index (χ1) is 6.54. The maximum absolute atomic E-state index is 6.08. The smallest absolute Gasteiger partial charge is 0.0687 e. The van der Waals surface area contributed by atoms with Gasteiger partial charge in [0.2, 0.25) is 0 Å². The molecule has 0 aromatic heterocycles. The Morgan fingerprint density at radius 3 is 2.07 bits per heavy atom. The lowest BCUT2D eigenvalue weighted by Crippen LogP contribution is -2.43. The molecule has 0 radical (unpaired) electrons. The molecule has 1 fully saturated rings. The van der Waals surface area contributed by atoms with E-state index >= 15 is 0 Å². The van der Waals surface area contributed by atoms with Gasteiger partial charge in [-0.3, -0.25) is 0 Å². The summed E-state index contributed by atoms with van der Waals surface area (Å²) in [6, 6.07) is 0. The third-order valence-corrected chi connectivity index (χ3v) is 3.40. The van der Waals surface area contributed by atoms with Crippen LogP contribution in [0.15, 0.2) is 0 Å². The van der Waals surface area contributed by atoms with E-state index in [1.165, 1.54) is 38.5 Å². The second-order valence-electron chi connectivity index (χ2n) is 5.62. The fourth-order valence-electron chi connectivity index (χ4n) is 2.91. The van der Waals surface area contributed by atoms with Gasteiger partial charge in [-0.25, -0.2) is 0 Å². The third kappa shape index (κ3) is 2.98. The Morgan fingerprint density at radius 2 is 1.64 bits per heavy atom. The van der Waals surface area contributed by atoms with Gasteiger partial charge in [0.15, 0.2) is 0 Å². The molecule has 1 heteroatoms. The molecule has 1 nitrogen and oxygen atoms in total. The van der Waals surface area contributed by atoms with Crippen molar-refractivity contribution in [3.05, 3.63) is 0 Å². The Balaban J connectivity index is 2.65. The van der Waals surface area contributed by atoms with Crippen molar-refractivity contribution in [1.29, 1.82) is 0 Å². The number of rotatable bonds is 4. The van der Waals surface area contributed by atoms with Crippen LogP contribution in [0.1, 0.15) is 66.2 Å². The minimum absolute atomic E-state index is 0.214. The molecule has 0 amide bonds. The molecule has 14 heavy (non-hydrogen) atoms. The Morgan fingerprint density at radius 1 is 1.07 bits per heavy atom. The standard InChI is InChI=1S/C13H26O/c1-5-7-13(8-6-2)11-12(3,4)9-10-14-13/h5-11H2,1-4H3. The maximum atomic E-state index is 6.08. The molecular formula is C13H26O. The highest BCUT2D eigenvalue weighted by Gasteiger charge is 2.39. The van der Waals surface area contributed by atoms with Crippen molar-refractivity contribution in [3.8, 4) is 0 Å². The van der Waals surface area contributed by atoms with Crippen molar-refractivity contribution < 1.29 is 4.74 Å². The normalized spacial score (nSPS) is 24.9. The highest BCUT2D eigenvalue weighted by molar-refractivity contribution is 4.90. The van der Waals surface area contributed by atoms with Gasteiger partial charge >= 0.3 is 0 Å². The summed E-state index contributed by atoms with van der Waals surface area (Å²) in [6.45, 7) is 10.3. The summed E-state index contributed by atoms with van der Waals surface area (Å²) >= 11 is 0. The predicted molar refractivity (Wildman–Crippen MR) is 61.5 cm³/mol. The van der Waals surface area contributed by atoms with Crippen LogP contribution in [0.3, 0.4) is 0 Å². The van der Waals surface area contributed by atoms with Crippen LogP contribution in [0, 0.1) is 5.41 Å². The molecule has 0 atom stereocenters. The summed E-state index contributed by atoms with van der Waals surface area (Å²) in [6.07, 6.45) is 7.45. The van der Waals surface area contributed by atoms with Gasteiger partial charge < -0.3 is 4.74 Å². The Hall–Kier alpha value is -0.0400. The van der Waals surface area contributed by atoms with Crippen LogP contribution in [0.25, 0.3) is 0 Å². The van der Waals surface area contributed by atoms with Gasteiger partial charge in [-0.1, -0.05) is 40.5 Å². The van der Waals surface area contributed by atoms with Gasteiger partial charge in [-0.15, -0.1) is 0 Å². The maximum Gasteiger partial charge on any atom is 0.0687 e. The summed E-state index contributed by atoms with van der Waals surface area (Å²) in [4.78, 5) is 0. The quantitative estimate of drug-likeness (QED) is 0.659. The molecule has 84 valence electrons. The summed E-state index contributed by atoms with van der Waals surface area (Å²) < 4.78 is 6.08. The van der Waals surface area contributed by atoms with Crippen LogP contribution < -0.4 is 0 Å². The van der Waals surface area contributed by atoms with Crippen LogP contribution in [-0.4, -0.2) is 12.2 Å². The molecule has 0 saturated carbocycles. The van der Waals surface area contributed by atoms with E-state index in [-0.39, 0.29) is 5.60 Å². The van der Waals surface area contributed by atoms with Gasteiger partial charge in [0, 0.05) is 6.61 Å². The molecule has 0 spiro atoms. The van der Waals surface area contributed by atoms with Crippen molar-refractivity contribution >= 4 is 0 Å². The zero-order valence-electron chi connectivity index (χ0n) is 10.4. The summed E-state index contributed by atoms with van der Waals surface area (Å²) in [7, 11) is 0. The summed E-state index contributed by atoms with van der Waals surface area (Å²) in [5.74, 6) is 0. The summed E-state index contributed by atoms with van der Waals surface area (Å²) in [5.41, 5.74) is 0.702. The average Bonchev–Trinajstić information content (AvgIpc) is 2.02. The topological polar surface area (TPSA) is 9.23 Å². The number of ether oxygens (including phenoxy) is 1. The molecule has 1 aliphatic rings. The molecular weight excluding hydrogens is 172 g/mol. The first-order valence-corrected chi connectivity index (χ1v) is 6.17. The Kier molecular flexibility index (Phi) is 4.00. The van der Waals surface area contributed by atoms with E-state index in [1.54, 1.807) is 0 Å². The van der Waals surface area contributed by atoms with Crippen LogP contribution in [-0.2, 0) is 4.74 Å². The van der Waals surface area contributed by atoms with Crippen molar-refractivity contribution in [3.63, 3.8) is 0 Å². The first-order valence-electron chi connectivity index (χ1n) is 6.17. The predicted octanol–water partition coefficient (Wildman–Crippen LogP) is 4.16. The first kappa shape index (κ1) is 12.0.